The highest BCUT2D eigenvalue weighted by Gasteiger charge is 2.15. The van der Waals surface area contributed by atoms with Crippen LogP contribution >= 0.6 is 23.4 Å². The fourth-order valence-electron chi connectivity index (χ4n) is 3.16. The van der Waals surface area contributed by atoms with Gasteiger partial charge in [-0.2, -0.15) is 0 Å². The van der Waals surface area contributed by atoms with Crippen LogP contribution < -0.4 is 11.2 Å². The highest BCUT2D eigenvalue weighted by molar-refractivity contribution is 7.98. The molecule has 30 heavy (non-hydrogen) atoms. The summed E-state index contributed by atoms with van der Waals surface area (Å²) < 4.78 is 4.71. The molecule has 2 aromatic heterocycles. The van der Waals surface area contributed by atoms with Crippen molar-refractivity contribution in [3.8, 4) is 11.4 Å². The fraction of sp³-hybridized carbons (Fsp3) is 0.429. The Balaban J connectivity index is 1.87. The van der Waals surface area contributed by atoms with Crippen molar-refractivity contribution in [2.75, 3.05) is 0 Å². The van der Waals surface area contributed by atoms with Crippen LogP contribution in [0.1, 0.15) is 38.3 Å². The van der Waals surface area contributed by atoms with E-state index in [4.69, 9.17) is 11.6 Å². The molecule has 3 rings (SSSR count). The highest BCUT2D eigenvalue weighted by Crippen LogP contribution is 2.27. The van der Waals surface area contributed by atoms with E-state index in [0.717, 1.165) is 40.5 Å². The van der Waals surface area contributed by atoms with Gasteiger partial charge in [0.25, 0.3) is 5.56 Å². The molecule has 0 saturated carbocycles. The van der Waals surface area contributed by atoms with Gasteiger partial charge in [0.05, 0.1) is 0 Å². The van der Waals surface area contributed by atoms with Crippen LogP contribution in [-0.4, -0.2) is 23.9 Å². The molecule has 0 bridgehead atoms. The van der Waals surface area contributed by atoms with Crippen LogP contribution in [0.5, 0.6) is 0 Å². The normalized spacial score (nSPS) is 11.2. The molecule has 0 N–H and O–H groups in total. The summed E-state index contributed by atoms with van der Waals surface area (Å²) in [6.07, 6.45) is 4.54. The number of nitrogens with zero attached hydrogens (tertiary/aromatic N) is 5. The van der Waals surface area contributed by atoms with Gasteiger partial charge in [-0.05, 0) is 30.7 Å². The van der Waals surface area contributed by atoms with Gasteiger partial charge in [0.1, 0.15) is 0 Å². The van der Waals surface area contributed by atoms with Gasteiger partial charge < -0.3 is 4.57 Å². The Labute approximate surface area is 184 Å². The molecule has 0 atom stereocenters. The third-order valence-corrected chi connectivity index (χ3v) is 6.28. The molecule has 0 spiro atoms. The minimum absolute atomic E-state index is 0.309. The van der Waals surface area contributed by atoms with Crippen LogP contribution in [0, 0.1) is 0 Å². The smallest absolute Gasteiger partial charge is 0.302 e. The average Bonchev–Trinajstić information content (AvgIpc) is 3.14. The molecule has 7 nitrogen and oxygen atoms in total. The molecule has 0 aliphatic rings. The summed E-state index contributed by atoms with van der Waals surface area (Å²) >= 11 is 7.50. The number of unbranched alkanes of at least 4 members (excludes halogenated alkanes) is 3. The topological polar surface area (TPSA) is 74.7 Å². The van der Waals surface area contributed by atoms with E-state index in [1.165, 1.54) is 42.3 Å². The second kappa shape index (κ2) is 10.1. The molecule has 1 aromatic carbocycles. The van der Waals surface area contributed by atoms with Crippen molar-refractivity contribution in [3.63, 3.8) is 0 Å². The number of thioether (sulfide) groups is 1. The van der Waals surface area contributed by atoms with Gasteiger partial charge in [0.15, 0.2) is 11.0 Å². The molecule has 2 heterocycles. The Morgan fingerprint density at radius 1 is 1.00 bits per heavy atom. The average molecular weight is 448 g/mol. The lowest BCUT2D eigenvalue weighted by atomic mass is 10.2. The Morgan fingerprint density at radius 2 is 1.73 bits per heavy atom. The molecular weight excluding hydrogens is 422 g/mol. The first-order chi connectivity index (χ1) is 14.4. The molecule has 0 radical (unpaired) electrons. The SMILES string of the molecule is CCCCCCn1c(SCc2cc(=O)n(C)c(=O)n2C)nnc1-c1ccc(Cl)cc1. The van der Waals surface area contributed by atoms with Crippen LogP contribution in [0.25, 0.3) is 11.4 Å². The second-order valence-corrected chi connectivity index (χ2v) is 8.57. The summed E-state index contributed by atoms with van der Waals surface area (Å²) in [5.41, 5.74) is 0.967. The molecule has 0 fully saturated rings. The number of hydrogen-bond acceptors (Lipinski definition) is 5. The van der Waals surface area contributed by atoms with Crippen molar-refractivity contribution in [2.24, 2.45) is 14.1 Å². The summed E-state index contributed by atoms with van der Waals surface area (Å²) in [6, 6.07) is 9.06. The van der Waals surface area contributed by atoms with Crippen molar-refractivity contribution < 1.29 is 0 Å². The maximum absolute atomic E-state index is 12.2. The number of rotatable bonds is 9. The number of halogens is 1. The fourth-order valence-corrected chi connectivity index (χ4v) is 4.27. The van der Waals surface area contributed by atoms with Crippen LogP contribution in [0.2, 0.25) is 5.02 Å². The Bertz CT molecular complexity index is 1120. The van der Waals surface area contributed by atoms with Crippen LogP contribution in [0.4, 0.5) is 0 Å². The third kappa shape index (κ3) is 5.05. The van der Waals surface area contributed by atoms with Crippen molar-refractivity contribution in [3.05, 3.63) is 61.9 Å². The van der Waals surface area contributed by atoms with E-state index in [9.17, 15) is 9.59 Å². The van der Waals surface area contributed by atoms with E-state index in [1.54, 1.807) is 7.05 Å². The Kier molecular flexibility index (Phi) is 7.55. The summed E-state index contributed by atoms with van der Waals surface area (Å²) in [6.45, 7) is 3.00. The largest absolute Gasteiger partial charge is 0.330 e. The van der Waals surface area contributed by atoms with Gasteiger partial charge in [-0.15, -0.1) is 10.2 Å². The first kappa shape index (κ1) is 22.4. The van der Waals surface area contributed by atoms with Crippen molar-refractivity contribution in [1.29, 1.82) is 0 Å². The number of aromatic nitrogens is 5. The summed E-state index contributed by atoms with van der Waals surface area (Å²) in [5.74, 6) is 1.25. The molecule has 3 aromatic rings. The molecular formula is C21H26ClN5O2S. The van der Waals surface area contributed by atoms with Gasteiger partial charge in [-0.25, -0.2) is 4.79 Å². The maximum Gasteiger partial charge on any atom is 0.330 e. The first-order valence-corrected chi connectivity index (χ1v) is 11.4. The standard InChI is InChI=1S/C21H26ClN5O2S/c1-4-5-6-7-12-27-19(15-8-10-16(22)11-9-15)23-24-20(27)30-14-17-13-18(28)26(3)21(29)25(17)2/h8-11,13H,4-7,12,14H2,1-3H3. The summed E-state index contributed by atoms with van der Waals surface area (Å²) in [5, 5.41) is 10.2. The number of benzene rings is 1. The van der Waals surface area contributed by atoms with E-state index >= 15 is 0 Å². The van der Waals surface area contributed by atoms with Gasteiger partial charge in [0, 0.05) is 48.7 Å². The molecule has 160 valence electrons. The third-order valence-electron chi connectivity index (χ3n) is 5.03. The van der Waals surface area contributed by atoms with E-state index < -0.39 is 0 Å². The zero-order valence-corrected chi connectivity index (χ0v) is 19.0. The Morgan fingerprint density at radius 3 is 2.43 bits per heavy atom. The van der Waals surface area contributed by atoms with E-state index in [0.29, 0.717) is 16.5 Å². The zero-order valence-electron chi connectivity index (χ0n) is 17.5. The van der Waals surface area contributed by atoms with Gasteiger partial charge in [-0.3, -0.25) is 13.9 Å². The van der Waals surface area contributed by atoms with E-state index in [2.05, 4.69) is 21.7 Å². The van der Waals surface area contributed by atoms with E-state index in [1.807, 2.05) is 24.3 Å². The van der Waals surface area contributed by atoms with Crippen molar-refractivity contribution in [1.82, 2.24) is 23.9 Å². The zero-order chi connectivity index (χ0) is 21.7. The lowest BCUT2D eigenvalue weighted by Gasteiger charge is -2.12. The van der Waals surface area contributed by atoms with Crippen molar-refractivity contribution >= 4 is 23.4 Å². The molecule has 9 heteroatoms. The first-order valence-electron chi connectivity index (χ1n) is 10.00. The maximum atomic E-state index is 12.2. The van der Waals surface area contributed by atoms with E-state index in [-0.39, 0.29) is 11.2 Å². The lowest BCUT2D eigenvalue weighted by molar-refractivity contribution is 0.556. The lowest BCUT2D eigenvalue weighted by Crippen LogP contribution is -2.37. The van der Waals surface area contributed by atoms with Crippen LogP contribution in [-0.2, 0) is 26.4 Å². The minimum Gasteiger partial charge on any atom is -0.302 e. The highest BCUT2D eigenvalue weighted by atomic mass is 35.5. The Hall–Kier alpha value is -2.32. The molecule has 0 aliphatic heterocycles. The molecule has 0 unspecified atom stereocenters. The van der Waals surface area contributed by atoms with Crippen LogP contribution in [0.15, 0.2) is 45.1 Å². The summed E-state index contributed by atoms with van der Waals surface area (Å²) in [7, 11) is 3.15. The van der Waals surface area contributed by atoms with Gasteiger partial charge in [0.2, 0.25) is 0 Å². The number of hydrogen-bond donors (Lipinski definition) is 0. The van der Waals surface area contributed by atoms with Gasteiger partial charge in [-0.1, -0.05) is 49.5 Å². The monoisotopic (exact) mass is 447 g/mol. The predicted molar refractivity (Wildman–Crippen MR) is 121 cm³/mol. The second-order valence-electron chi connectivity index (χ2n) is 7.19. The molecule has 0 amide bonds. The predicted octanol–water partition coefficient (Wildman–Crippen LogP) is 3.87. The van der Waals surface area contributed by atoms with Crippen LogP contribution in [0.3, 0.4) is 0 Å². The van der Waals surface area contributed by atoms with Crippen molar-refractivity contribution in [2.45, 2.75) is 50.1 Å². The quantitative estimate of drug-likeness (QED) is 0.367. The molecule has 0 aliphatic carbocycles. The molecule has 0 saturated heterocycles. The summed E-state index contributed by atoms with van der Waals surface area (Å²) in [4.78, 5) is 24.2. The minimum atomic E-state index is -0.332. The van der Waals surface area contributed by atoms with Gasteiger partial charge >= 0.3 is 5.69 Å².